The molecule has 13 heteroatoms. The van der Waals surface area contributed by atoms with Crippen molar-refractivity contribution in [2.45, 2.75) is 90.0 Å². The molecule has 6 N–H and O–H groups in total. The normalized spacial score (nSPS) is 18.8. The lowest BCUT2D eigenvalue weighted by Gasteiger charge is -2.40. The molecule has 1 aromatic heterocycles. The molecule has 0 aliphatic heterocycles. The number of halogens is 4. The fraction of sp³-hybridized carbons (Fsp3) is 0.471. The summed E-state index contributed by atoms with van der Waals surface area (Å²) in [6.07, 6.45) is -3.71. The summed E-state index contributed by atoms with van der Waals surface area (Å²) < 4.78 is 56.0. The fourth-order valence-electron chi connectivity index (χ4n) is 6.13. The van der Waals surface area contributed by atoms with E-state index in [1.54, 1.807) is 19.1 Å². The molecule has 5 atom stereocenters. The maximum atomic E-state index is 14.3. The molecule has 4 rings (SSSR count). The molecule has 0 unspecified atom stereocenters. The molecule has 0 bridgehead atoms. The van der Waals surface area contributed by atoms with Crippen molar-refractivity contribution in [2.75, 3.05) is 0 Å². The van der Waals surface area contributed by atoms with Crippen LogP contribution in [-0.2, 0) is 39.8 Å². The van der Waals surface area contributed by atoms with Crippen molar-refractivity contribution in [1.29, 1.82) is 0 Å². The van der Waals surface area contributed by atoms with Crippen LogP contribution in [0, 0.1) is 17.7 Å². The Morgan fingerprint density at radius 3 is 2.28 bits per heavy atom. The smallest absolute Gasteiger partial charge is 0.392 e. The summed E-state index contributed by atoms with van der Waals surface area (Å²) in [6.45, 7) is 7.39. The summed E-state index contributed by atoms with van der Waals surface area (Å²) in [5.41, 5.74) is 4.65. The number of hydrogen-bond acceptors (Lipinski definition) is 4. The molecular formula is C34H41F4N5O3S. The number of nitrogens with two attached hydrogens (primary N) is 1. The Balaban J connectivity index is 1.72. The number of amides is 3. The van der Waals surface area contributed by atoms with Gasteiger partial charge in [-0.2, -0.15) is 13.2 Å². The molecular weight excluding hydrogens is 634 g/mol. The van der Waals surface area contributed by atoms with Crippen LogP contribution in [0.15, 0.2) is 42.5 Å². The van der Waals surface area contributed by atoms with Crippen molar-refractivity contribution < 1.29 is 31.9 Å². The van der Waals surface area contributed by atoms with Gasteiger partial charge < -0.3 is 26.7 Å². The van der Waals surface area contributed by atoms with E-state index in [0.29, 0.717) is 29.5 Å². The topological polar surface area (TPSA) is 129 Å². The molecule has 3 aromatic rings. The third kappa shape index (κ3) is 7.77. The second-order valence-corrected chi connectivity index (χ2v) is 13.0. The first-order valence-corrected chi connectivity index (χ1v) is 16.2. The maximum Gasteiger partial charge on any atom is 0.418 e. The lowest BCUT2D eigenvalue weighted by atomic mass is 9.78. The molecule has 254 valence electrons. The number of benzene rings is 2. The van der Waals surface area contributed by atoms with Crippen molar-refractivity contribution in [1.82, 2.24) is 20.9 Å². The van der Waals surface area contributed by atoms with E-state index in [-0.39, 0.29) is 53.6 Å². The van der Waals surface area contributed by atoms with Gasteiger partial charge in [-0.1, -0.05) is 83.1 Å². The van der Waals surface area contributed by atoms with Crippen LogP contribution in [0.25, 0.3) is 10.9 Å². The monoisotopic (exact) mass is 675 g/mol. The molecule has 0 fully saturated rings. The predicted molar refractivity (Wildman–Crippen MR) is 176 cm³/mol. The van der Waals surface area contributed by atoms with Gasteiger partial charge in [0.15, 0.2) is 0 Å². The summed E-state index contributed by atoms with van der Waals surface area (Å²) in [4.78, 5) is 44.4. The van der Waals surface area contributed by atoms with E-state index in [4.69, 9.17) is 18.0 Å². The van der Waals surface area contributed by atoms with Crippen LogP contribution in [0.4, 0.5) is 17.6 Å². The van der Waals surface area contributed by atoms with Crippen molar-refractivity contribution in [3.05, 3.63) is 70.7 Å². The zero-order chi connectivity index (χ0) is 34.7. The van der Waals surface area contributed by atoms with Crippen molar-refractivity contribution in [2.24, 2.45) is 17.6 Å². The zero-order valence-corrected chi connectivity index (χ0v) is 27.6. The summed E-state index contributed by atoms with van der Waals surface area (Å²) in [7, 11) is 0. The number of carbonyl (C=O) groups excluding carboxylic acids is 3. The summed E-state index contributed by atoms with van der Waals surface area (Å²) in [6, 6.07) is 7.89. The molecule has 0 spiro atoms. The third-order valence-corrected chi connectivity index (χ3v) is 9.59. The van der Waals surface area contributed by atoms with Crippen LogP contribution in [-0.4, -0.2) is 45.3 Å². The van der Waals surface area contributed by atoms with E-state index in [9.17, 15) is 31.9 Å². The van der Waals surface area contributed by atoms with E-state index >= 15 is 0 Å². The lowest BCUT2D eigenvalue weighted by molar-refractivity contribution is -0.137. The Morgan fingerprint density at radius 1 is 1.00 bits per heavy atom. The number of H-pyrrole nitrogens is 1. The molecule has 1 heterocycles. The molecule has 0 saturated heterocycles. The minimum Gasteiger partial charge on any atom is -0.392 e. The van der Waals surface area contributed by atoms with Crippen molar-refractivity contribution in [3.8, 4) is 0 Å². The number of nitrogens with one attached hydrogen (secondary N) is 4. The van der Waals surface area contributed by atoms with Gasteiger partial charge in [0.25, 0.3) is 0 Å². The molecule has 8 nitrogen and oxygen atoms in total. The third-order valence-electron chi connectivity index (χ3n) is 9.34. The van der Waals surface area contributed by atoms with Gasteiger partial charge in [0, 0.05) is 17.5 Å². The van der Waals surface area contributed by atoms with Crippen LogP contribution in [0.1, 0.15) is 69.3 Å². The summed E-state index contributed by atoms with van der Waals surface area (Å²) in [5.74, 6) is -2.90. The zero-order valence-electron chi connectivity index (χ0n) is 26.8. The van der Waals surface area contributed by atoms with E-state index in [1.807, 2.05) is 20.8 Å². The van der Waals surface area contributed by atoms with E-state index < -0.39 is 52.9 Å². The first kappa shape index (κ1) is 35.8. The van der Waals surface area contributed by atoms with Crippen molar-refractivity contribution in [3.63, 3.8) is 0 Å². The van der Waals surface area contributed by atoms with E-state index in [0.717, 1.165) is 6.07 Å². The number of aromatic nitrogens is 1. The standard InChI is InChI=1S/C34H41F4N5O3S/c1-5-18(3)27(30(39)47)42-32(46)33(15-14-25-22(17-33)21-11-9-12-23(29(21)40-25)34(36,37)38)43-31(45)28(19(4)6-2)41-26(44)16-20-10-7-8-13-24(20)35/h7-13,18-19,27-28,40H,5-6,14-17H2,1-4H3,(H2,39,47)(H,41,44)(H,42,46)(H,43,45)/t18-,19-,27-,28-,33+/m0/s1. The second kappa shape index (κ2) is 14.4. The van der Waals surface area contributed by atoms with Gasteiger partial charge in [0.1, 0.15) is 17.4 Å². The highest BCUT2D eigenvalue weighted by Gasteiger charge is 2.47. The maximum absolute atomic E-state index is 14.3. The number of para-hydroxylation sites is 1. The molecule has 2 aromatic carbocycles. The minimum absolute atomic E-state index is 0.0483. The summed E-state index contributed by atoms with van der Waals surface area (Å²) >= 11 is 5.26. The van der Waals surface area contributed by atoms with Crippen LogP contribution in [0.3, 0.4) is 0 Å². The number of alkyl halides is 3. The Morgan fingerprint density at radius 2 is 1.66 bits per heavy atom. The quantitative estimate of drug-likeness (QED) is 0.132. The highest BCUT2D eigenvalue weighted by atomic mass is 32.1. The minimum atomic E-state index is -4.61. The first-order valence-electron chi connectivity index (χ1n) is 15.8. The molecule has 47 heavy (non-hydrogen) atoms. The van der Waals surface area contributed by atoms with Crippen LogP contribution < -0.4 is 21.7 Å². The van der Waals surface area contributed by atoms with Gasteiger partial charge >= 0.3 is 6.18 Å². The fourth-order valence-corrected chi connectivity index (χ4v) is 6.42. The number of rotatable bonds is 12. The summed E-state index contributed by atoms with van der Waals surface area (Å²) in [5, 5.41) is 8.84. The number of aromatic amines is 1. The number of aryl methyl sites for hydroxylation is 1. The predicted octanol–water partition coefficient (Wildman–Crippen LogP) is 5.26. The molecule has 1 aliphatic carbocycles. The first-order chi connectivity index (χ1) is 22.1. The highest BCUT2D eigenvalue weighted by molar-refractivity contribution is 7.80. The molecule has 1 aliphatic rings. The van der Waals surface area contributed by atoms with Gasteiger partial charge in [0.05, 0.1) is 28.5 Å². The van der Waals surface area contributed by atoms with Crippen LogP contribution >= 0.6 is 12.2 Å². The second-order valence-electron chi connectivity index (χ2n) is 12.5. The molecule has 3 amide bonds. The Hall–Kier alpha value is -4.00. The van der Waals surface area contributed by atoms with Crippen LogP contribution in [0.2, 0.25) is 0 Å². The number of fused-ring (bicyclic) bond motifs is 3. The average molecular weight is 676 g/mol. The average Bonchev–Trinajstić information content (AvgIpc) is 3.39. The van der Waals surface area contributed by atoms with Gasteiger partial charge in [-0.05, 0) is 47.9 Å². The van der Waals surface area contributed by atoms with E-state index in [1.165, 1.54) is 24.3 Å². The van der Waals surface area contributed by atoms with Gasteiger partial charge in [-0.3, -0.25) is 14.4 Å². The SMILES string of the molecule is CC[C@H](C)[C@H](NC(=O)Cc1ccccc1F)C(=O)N[C@]1(C(=O)N[C@H](C(N)=S)[C@@H](C)CC)CCc2[nH]c3c(C(F)(F)F)cccc3c2C1. The Bertz CT molecular complexity index is 1660. The van der Waals surface area contributed by atoms with E-state index in [2.05, 4.69) is 20.9 Å². The van der Waals surface area contributed by atoms with Crippen molar-refractivity contribution >= 4 is 45.8 Å². The van der Waals surface area contributed by atoms with Gasteiger partial charge in [0.2, 0.25) is 17.7 Å². The van der Waals surface area contributed by atoms with Gasteiger partial charge in [-0.15, -0.1) is 0 Å². The Labute approximate surface area is 276 Å². The number of thiocarbonyl (C=S) groups is 1. The number of hydrogen-bond donors (Lipinski definition) is 5. The molecule has 0 radical (unpaired) electrons. The van der Waals surface area contributed by atoms with Gasteiger partial charge in [-0.25, -0.2) is 4.39 Å². The number of carbonyl (C=O) groups is 3. The molecule has 0 saturated carbocycles. The Kier molecular flexibility index (Phi) is 11.0. The van der Waals surface area contributed by atoms with Crippen LogP contribution in [0.5, 0.6) is 0 Å². The lowest BCUT2D eigenvalue weighted by Crippen LogP contribution is -2.67. The largest absolute Gasteiger partial charge is 0.418 e. The highest BCUT2D eigenvalue weighted by Crippen LogP contribution is 2.40.